The predicted octanol–water partition coefficient (Wildman–Crippen LogP) is 1.85. The van der Waals surface area contributed by atoms with Crippen molar-refractivity contribution in [2.75, 3.05) is 11.9 Å². The van der Waals surface area contributed by atoms with Gasteiger partial charge in [0.05, 0.1) is 4.90 Å². The summed E-state index contributed by atoms with van der Waals surface area (Å²) in [6.45, 7) is 6.80. The largest absolute Gasteiger partial charge is 0.444 e. The zero-order valence-corrected chi connectivity index (χ0v) is 17.1. The Labute approximate surface area is 164 Å². The summed E-state index contributed by atoms with van der Waals surface area (Å²) in [5.41, 5.74) is -0.279. The van der Waals surface area contributed by atoms with Gasteiger partial charge in [-0.25, -0.2) is 17.9 Å². The van der Waals surface area contributed by atoms with Crippen LogP contribution in [0.3, 0.4) is 0 Å². The monoisotopic (exact) mass is 411 g/mol. The van der Waals surface area contributed by atoms with Crippen LogP contribution in [0.2, 0.25) is 0 Å². The van der Waals surface area contributed by atoms with Crippen LogP contribution in [-0.4, -0.2) is 49.4 Å². The molecule has 0 spiro atoms. The minimum atomic E-state index is -3.94. The zero-order valence-electron chi connectivity index (χ0n) is 16.3. The molecule has 1 heterocycles. The molecule has 1 atom stereocenters. The molecule has 1 unspecified atom stereocenters. The maximum Gasteiger partial charge on any atom is 0.410 e. The van der Waals surface area contributed by atoms with Gasteiger partial charge in [0.15, 0.2) is 0 Å². The maximum absolute atomic E-state index is 12.6. The van der Waals surface area contributed by atoms with Crippen LogP contribution in [0.1, 0.15) is 40.5 Å². The average Bonchev–Trinajstić information content (AvgIpc) is 3.02. The number of amides is 3. The van der Waals surface area contributed by atoms with Crippen LogP contribution < -0.4 is 10.0 Å². The van der Waals surface area contributed by atoms with Gasteiger partial charge in [0.1, 0.15) is 11.6 Å². The van der Waals surface area contributed by atoms with Crippen LogP contribution in [0, 0.1) is 0 Å². The number of likely N-dealkylation sites (tertiary alicyclic amines) is 1. The van der Waals surface area contributed by atoms with Gasteiger partial charge in [0.2, 0.25) is 11.8 Å². The number of carbonyl (C=O) groups is 3. The molecule has 10 heteroatoms. The molecule has 1 aromatic carbocycles. The van der Waals surface area contributed by atoms with Gasteiger partial charge in [-0.15, -0.1) is 0 Å². The molecule has 0 radical (unpaired) electrons. The third-order valence-corrected chi connectivity index (χ3v) is 5.34. The van der Waals surface area contributed by atoms with Gasteiger partial charge in [-0.1, -0.05) is 0 Å². The highest BCUT2D eigenvalue weighted by molar-refractivity contribution is 7.90. The van der Waals surface area contributed by atoms with Crippen molar-refractivity contribution in [1.29, 1.82) is 0 Å². The van der Waals surface area contributed by atoms with Crippen LogP contribution in [0.5, 0.6) is 0 Å². The maximum atomic E-state index is 12.6. The van der Waals surface area contributed by atoms with Crippen LogP contribution >= 0.6 is 0 Å². The fourth-order valence-electron chi connectivity index (χ4n) is 2.77. The van der Waals surface area contributed by atoms with E-state index in [1.165, 1.54) is 29.2 Å². The van der Waals surface area contributed by atoms with Crippen molar-refractivity contribution in [2.24, 2.45) is 0 Å². The highest BCUT2D eigenvalue weighted by Crippen LogP contribution is 2.22. The lowest BCUT2D eigenvalue weighted by Gasteiger charge is -2.28. The van der Waals surface area contributed by atoms with E-state index in [9.17, 15) is 22.8 Å². The molecule has 2 N–H and O–H groups in total. The third kappa shape index (κ3) is 5.69. The van der Waals surface area contributed by atoms with Gasteiger partial charge in [0, 0.05) is 19.2 Å². The second kappa shape index (κ2) is 8.17. The number of benzene rings is 1. The Morgan fingerprint density at radius 1 is 1.14 bits per heavy atom. The van der Waals surface area contributed by atoms with Gasteiger partial charge in [-0.3, -0.25) is 14.5 Å². The lowest BCUT2D eigenvalue weighted by molar-refractivity contribution is -0.120. The summed E-state index contributed by atoms with van der Waals surface area (Å²) in [6.07, 6.45) is 0.660. The first-order chi connectivity index (χ1) is 12.9. The third-order valence-electron chi connectivity index (χ3n) is 3.89. The number of ether oxygens (including phenoxy) is 1. The number of nitrogens with one attached hydrogen (secondary N) is 2. The number of rotatable bonds is 4. The number of nitrogens with zero attached hydrogens (tertiary/aromatic N) is 1. The zero-order chi connectivity index (χ0) is 21.1. The summed E-state index contributed by atoms with van der Waals surface area (Å²) in [5, 5.41) is 2.68. The first-order valence-electron chi connectivity index (χ1n) is 8.83. The van der Waals surface area contributed by atoms with Crippen molar-refractivity contribution in [3.8, 4) is 0 Å². The molecule has 1 aromatic rings. The lowest BCUT2D eigenvalue weighted by Crippen LogP contribution is -2.45. The number of anilines is 1. The Bertz CT molecular complexity index is 858. The number of hydrogen-bond acceptors (Lipinski definition) is 6. The fraction of sp³-hybridized carbons (Fsp3) is 0.500. The van der Waals surface area contributed by atoms with Crippen molar-refractivity contribution in [1.82, 2.24) is 9.62 Å². The fourth-order valence-corrected chi connectivity index (χ4v) is 3.76. The number of sulfonamides is 1. The van der Waals surface area contributed by atoms with Crippen molar-refractivity contribution in [2.45, 2.75) is 57.1 Å². The predicted molar refractivity (Wildman–Crippen MR) is 102 cm³/mol. The Morgan fingerprint density at radius 3 is 2.29 bits per heavy atom. The topological polar surface area (TPSA) is 122 Å². The summed E-state index contributed by atoms with van der Waals surface area (Å²) in [7, 11) is -3.94. The summed E-state index contributed by atoms with van der Waals surface area (Å²) in [6, 6.07) is 4.73. The van der Waals surface area contributed by atoms with E-state index in [0.29, 0.717) is 25.1 Å². The lowest BCUT2D eigenvalue weighted by atomic mass is 10.2. The molecule has 154 valence electrons. The van der Waals surface area contributed by atoms with Gasteiger partial charge >= 0.3 is 6.09 Å². The van der Waals surface area contributed by atoms with Gasteiger partial charge in [-0.2, -0.15) is 0 Å². The molecule has 0 aliphatic carbocycles. The summed E-state index contributed by atoms with van der Waals surface area (Å²) in [4.78, 5) is 37.2. The summed E-state index contributed by atoms with van der Waals surface area (Å²) >= 11 is 0. The van der Waals surface area contributed by atoms with Gasteiger partial charge < -0.3 is 10.1 Å². The number of carbonyl (C=O) groups excluding carboxylic acids is 3. The number of hydrogen-bond donors (Lipinski definition) is 2. The van der Waals surface area contributed by atoms with Crippen LogP contribution in [0.25, 0.3) is 0 Å². The Balaban J connectivity index is 2.06. The van der Waals surface area contributed by atoms with E-state index in [1.54, 1.807) is 20.8 Å². The molecular formula is C18H25N3O6S. The quantitative estimate of drug-likeness (QED) is 0.780. The van der Waals surface area contributed by atoms with Crippen molar-refractivity contribution < 1.29 is 27.5 Å². The van der Waals surface area contributed by atoms with Crippen LogP contribution in [-0.2, 0) is 24.3 Å². The van der Waals surface area contributed by atoms with Crippen molar-refractivity contribution in [3.63, 3.8) is 0 Å². The average molecular weight is 411 g/mol. The Hall–Kier alpha value is -2.62. The molecule has 1 fully saturated rings. The normalized spacial score (nSPS) is 17.1. The Morgan fingerprint density at radius 2 is 1.75 bits per heavy atom. The van der Waals surface area contributed by atoms with Gasteiger partial charge in [-0.05, 0) is 57.9 Å². The van der Waals surface area contributed by atoms with Crippen LogP contribution in [0.4, 0.5) is 10.5 Å². The van der Waals surface area contributed by atoms with Crippen LogP contribution in [0.15, 0.2) is 29.2 Å². The van der Waals surface area contributed by atoms with Crippen molar-refractivity contribution in [3.05, 3.63) is 24.3 Å². The standard InChI is InChI=1S/C18H25N3O6S/c1-12(22)20-28(25,26)14-9-7-13(8-10-14)19-16(23)15-6-5-11-21(15)17(24)27-18(2,3)4/h7-10,15H,5-6,11H2,1-4H3,(H,19,23)(H,20,22). The van der Waals surface area contributed by atoms with E-state index < -0.39 is 33.7 Å². The molecule has 0 aromatic heterocycles. The molecule has 2 rings (SSSR count). The Kier molecular flexibility index (Phi) is 6.33. The summed E-state index contributed by atoms with van der Waals surface area (Å²) < 4.78 is 31.1. The first kappa shape index (κ1) is 21.7. The molecule has 0 bridgehead atoms. The minimum absolute atomic E-state index is 0.100. The van der Waals surface area contributed by atoms with E-state index >= 15 is 0 Å². The molecule has 1 aliphatic heterocycles. The second-order valence-corrected chi connectivity index (χ2v) is 9.19. The SMILES string of the molecule is CC(=O)NS(=O)(=O)c1ccc(NC(=O)C2CCCN2C(=O)OC(C)(C)C)cc1. The smallest absolute Gasteiger partial charge is 0.410 e. The highest BCUT2D eigenvalue weighted by atomic mass is 32.2. The molecule has 0 saturated carbocycles. The first-order valence-corrected chi connectivity index (χ1v) is 10.3. The van der Waals surface area contributed by atoms with E-state index in [0.717, 1.165) is 6.92 Å². The van der Waals surface area contributed by atoms with E-state index in [-0.39, 0.29) is 10.8 Å². The molecule has 1 aliphatic rings. The van der Waals surface area contributed by atoms with E-state index in [1.807, 2.05) is 4.72 Å². The molecule has 9 nitrogen and oxygen atoms in total. The van der Waals surface area contributed by atoms with Gasteiger partial charge in [0.25, 0.3) is 10.0 Å². The van der Waals surface area contributed by atoms with E-state index in [2.05, 4.69) is 5.32 Å². The van der Waals surface area contributed by atoms with Crippen molar-refractivity contribution >= 4 is 33.6 Å². The molecule has 1 saturated heterocycles. The minimum Gasteiger partial charge on any atom is -0.444 e. The highest BCUT2D eigenvalue weighted by Gasteiger charge is 2.36. The summed E-state index contributed by atoms with van der Waals surface area (Å²) in [5.74, 6) is -1.07. The second-order valence-electron chi connectivity index (χ2n) is 7.51. The molecule has 28 heavy (non-hydrogen) atoms. The molecule has 3 amide bonds. The molecular weight excluding hydrogens is 386 g/mol. The van der Waals surface area contributed by atoms with E-state index in [4.69, 9.17) is 4.74 Å².